The molecule has 0 radical (unpaired) electrons. The smallest absolute Gasteiger partial charge is 0.213 e. The lowest BCUT2D eigenvalue weighted by Gasteiger charge is -2.35. The van der Waals surface area contributed by atoms with Crippen molar-refractivity contribution in [3.8, 4) is 22.8 Å². The number of pyridine rings is 1. The molecule has 1 fully saturated rings. The van der Waals surface area contributed by atoms with Gasteiger partial charge in [0.15, 0.2) is 0 Å². The maximum Gasteiger partial charge on any atom is 0.213 e. The molecule has 0 spiro atoms. The van der Waals surface area contributed by atoms with Crippen LogP contribution in [-0.4, -0.2) is 18.4 Å². The summed E-state index contributed by atoms with van der Waals surface area (Å²) in [6, 6.07) is 14.3. The maximum absolute atomic E-state index is 15.0. The first kappa shape index (κ1) is 33.3. The van der Waals surface area contributed by atoms with Crippen molar-refractivity contribution in [2.24, 2.45) is 5.41 Å². The van der Waals surface area contributed by atoms with Gasteiger partial charge >= 0.3 is 0 Å². The number of fused-ring (bicyclic) bond motifs is 1. The molecule has 0 saturated heterocycles. The van der Waals surface area contributed by atoms with E-state index in [1.165, 1.54) is 17.3 Å². The third kappa shape index (κ3) is 7.22. The number of hydrogen-bond donors (Lipinski definition) is 0. The number of hydrogen-bond acceptors (Lipinski definition) is 4. The van der Waals surface area contributed by atoms with Crippen molar-refractivity contribution in [1.82, 2.24) is 4.98 Å². The Hall–Kier alpha value is -3.21. The zero-order valence-corrected chi connectivity index (χ0v) is 27.0. The number of benzene rings is 2. The normalized spacial score (nSPS) is 20.3. The Morgan fingerprint density at radius 1 is 0.976 bits per heavy atom. The Morgan fingerprint density at radius 3 is 2.40 bits per heavy atom. The van der Waals surface area contributed by atoms with E-state index in [-0.39, 0.29) is 16.6 Å². The summed E-state index contributed by atoms with van der Waals surface area (Å²) >= 11 is 0. The average molecular weight is 576 g/mol. The zero-order valence-electron chi connectivity index (χ0n) is 27.0. The van der Waals surface area contributed by atoms with Crippen molar-refractivity contribution >= 4 is 6.29 Å². The van der Waals surface area contributed by atoms with E-state index in [4.69, 9.17) is 9.47 Å². The molecule has 42 heavy (non-hydrogen) atoms. The predicted octanol–water partition coefficient (Wildman–Crippen LogP) is 10.0. The highest BCUT2D eigenvalue weighted by atomic mass is 19.1. The van der Waals surface area contributed by atoms with Crippen molar-refractivity contribution in [3.05, 3.63) is 76.7 Å². The first-order valence-electron chi connectivity index (χ1n) is 15.8. The number of ether oxygens (including phenoxy) is 2. The minimum Gasteiger partial charge on any atom is -0.489 e. The highest BCUT2D eigenvalue weighted by molar-refractivity contribution is 5.70. The van der Waals surface area contributed by atoms with Crippen molar-refractivity contribution in [2.75, 3.05) is 7.11 Å². The van der Waals surface area contributed by atoms with Gasteiger partial charge in [-0.1, -0.05) is 79.2 Å². The third-order valence-electron chi connectivity index (χ3n) is 8.92. The lowest BCUT2D eigenvalue weighted by atomic mass is 9.69. The van der Waals surface area contributed by atoms with E-state index in [1.807, 2.05) is 45.9 Å². The molecule has 1 aromatic heterocycles. The largest absolute Gasteiger partial charge is 0.489 e. The Morgan fingerprint density at radius 2 is 1.74 bits per heavy atom. The summed E-state index contributed by atoms with van der Waals surface area (Å²) in [5.41, 5.74) is 6.18. The second-order valence-corrected chi connectivity index (χ2v) is 12.0. The molecule has 5 heteroatoms. The fourth-order valence-electron chi connectivity index (χ4n) is 6.67. The van der Waals surface area contributed by atoms with Crippen LogP contribution in [0.3, 0.4) is 0 Å². The van der Waals surface area contributed by atoms with Crippen molar-refractivity contribution in [3.63, 3.8) is 0 Å². The van der Waals surface area contributed by atoms with E-state index >= 15 is 4.39 Å². The second-order valence-electron chi connectivity index (χ2n) is 12.0. The number of rotatable bonds is 8. The fraction of sp³-hybridized carbons (Fsp3) is 0.514. The van der Waals surface area contributed by atoms with Gasteiger partial charge in [-0.25, -0.2) is 9.37 Å². The molecule has 2 aliphatic carbocycles. The van der Waals surface area contributed by atoms with E-state index in [2.05, 4.69) is 44.0 Å². The Bertz CT molecular complexity index is 1330. The quantitative estimate of drug-likeness (QED) is 0.251. The molecule has 1 unspecified atom stereocenters. The second kappa shape index (κ2) is 14.8. The summed E-state index contributed by atoms with van der Waals surface area (Å²) < 4.78 is 26.6. The van der Waals surface area contributed by atoms with Crippen LogP contribution in [0.5, 0.6) is 11.6 Å². The van der Waals surface area contributed by atoms with Crippen molar-refractivity contribution in [2.45, 2.75) is 111 Å². The van der Waals surface area contributed by atoms with Crippen LogP contribution in [0.25, 0.3) is 11.1 Å². The van der Waals surface area contributed by atoms with Crippen LogP contribution >= 0.6 is 0 Å². The summed E-state index contributed by atoms with van der Waals surface area (Å²) in [6.45, 7) is 15.2. The van der Waals surface area contributed by atoms with Crippen LogP contribution in [0.1, 0.15) is 115 Å². The molecule has 2 aliphatic rings. The highest BCUT2D eigenvalue weighted by Gasteiger charge is 2.37. The third-order valence-corrected chi connectivity index (χ3v) is 8.92. The van der Waals surface area contributed by atoms with Gasteiger partial charge < -0.3 is 14.3 Å². The Labute approximate surface area is 253 Å². The van der Waals surface area contributed by atoms with E-state index in [0.717, 1.165) is 67.3 Å². The van der Waals surface area contributed by atoms with Gasteiger partial charge in [-0.2, -0.15) is 0 Å². The SMILES string of the molecule is CC.CC.COc1cc(-c2ccc(COc3ccc4c(c3)[C@@](C)(CC=O)CCC4)cc2C2CCCC2(C)C)c(F)cn1. The van der Waals surface area contributed by atoms with Gasteiger partial charge in [-0.3, -0.25) is 0 Å². The monoisotopic (exact) mass is 575 g/mol. The number of methoxy groups -OCH3 is 1. The number of nitrogens with zero attached hydrogens (tertiary/aromatic N) is 1. The average Bonchev–Trinajstić information content (AvgIpc) is 3.37. The van der Waals surface area contributed by atoms with Crippen LogP contribution in [0.2, 0.25) is 0 Å². The standard InChI is InChI=1S/C33H38FNO3.2C2H6/c1-32(2)13-6-8-28(32)26-17-22(9-12-25(26)27-19-31(37-4)35-20-30(27)34)21-38-24-11-10-23-7-5-14-33(3,15-16-36)29(23)18-24;2*1-2/h9-12,16-20,28H,5-8,13-15,21H2,1-4H3;2*1-2H3/t28?,33-;;/m1../s1. The lowest BCUT2D eigenvalue weighted by Crippen LogP contribution is -2.28. The van der Waals surface area contributed by atoms with Gasteiger partial charge in [0.25, 0.3) is 0 Å². The van der Waals surface area contributed by atoms with Crippen LogP contribution in [0.15, 0.2) is 48.7 Å². The highest BCUT2D eigenvalue weighted by Crippen LogP contribution is 2.51. The Kier molecular flexibility index (Phi) is 11.7. The molecule has 2 atom stereocenters. The summed E-state index contributed by atoms with van der Waals surface area (Å²) in [6.07, 6.45) is 9.36. The fourth-order valence-corrected chi connectivity index (χ4v) is 6.67. The minimum absolute atomic E-state index is 0.128. The first-order chi connectivity index (χ1) is 20.2. The van der Waals surface area contributed by atoms with Gasteiger partial charge in [0, 0.05) is 18.1 Å². The minimum atomic E-state index is -0.348. The number of halogens is 1. The summed E-state index contributed by atoms with van der Waals surface area (Å²) in [5, 5.41) is 0. The van der Waals surface area contributed by atoms with Crippen LogP contribution in [0, 0.1) is 11.2 Å². The molecule has 0 aliphatic heterocycles. The first-order valence-corrected chi connectivity index (χ1v) is 15.8. The maximum atomic E-state index is 15.0. The molecular formula is C37H50FNO3. The van der Waals surface area contributed by atoms with Gasteiger partial charge in [0.2, 0.25) is 5.88 Å². The molecule has 0 N–H and O–H groups in total. The predicted molar refractivity (Wildman–Crippen MR) is 171 cm³/mol. The molecule has 1 heterocycles. The summed E-state index contributed by atoms with van der Waals surface area (Å²) in [7, 11) is 1.55. The number of aldehydes is 1. The number of carbonyl (C=O) groups excluding carboxylic acids is 1. The van der Waals surface area contributed by atoms with Crippen LogP contribution < -0.4 is 9.47 Å². The van der Waals surface area contributed by atoms with E-state index < -0.39 is 0 Å². The molecule has 4 nitrogen and oxygen atoms in total. The van der Waals surface area contributed by atoms with Gasteiger partial charge in [0.1, 0.15) is 24.5 Å². The molecule has 0 amide bonds. The van der Waals surface area contributed by atoms with Gasteiger partial charge in [-0.05, 0) is 88.8 Å². The molecule has 228 valence electrons. The molecular weight excluding hydrogens is 525 g/mol. The number of aromatic nitrogens is 1. The van der Waals surface area contributed by atoms with E-state index in [9.17, 15) is 4.79 Å². The molecule has 3 aromatic rings. The topological polar surface area (TPSA) is 48.4 Å². The molecule has 2 aromatic carbocycles. The molecule has 1 saturated carbocycles. The van der Waals surface area contributed by atoms with E-state index in [0.29, 0.717) is 30.4 Å². The van der Waals surface area contributed by atoms with Crippen molar-refractivity contribution in [1.29, 1.82) is 0 Å². The summed E-state index contributed by atoms with van der Waals surface area (Å²) in [4.78, 5) is 15.4. The van der Waals surface area contributed by atoms with Gasteiger partial charge in [-0.15, -0.1) is 0 Å². The Balaban J connectivity index is 0.00000116. The van der Waals surface area contributed by atoms with Crippen molar-refractivity contribution < 1.29 is 18.7 Å². The molecule has 0 bridgehead atoms. The summed E-state index contributed by atoms with van der Waals surface area (Å²) in [5.74, 6) is 1.20. The molecule has 5 rings (SSSR count). The lowest BCUT2D eigenvalue weighted by molar-refractivity contribution is -0.108. The zero-order chi connectivity index (χ0) is 30.9. The van der Waals surface area contributed by atoms with Crippen LogP contribution in [-0.2, 0) is 23.2 Å². The van der Waals surface area contributed by atoms with Gasteiger partial charge in [0.05, 0.1) is 13.3 Å². The van der Waals surface area contributed by atoms with Crippen LogP contribution in [0.4, 0.5) is 4.39 Å². The number of carbonyl (C=O) groups is 1. The number of aryl methyl sites for hydroxylation is 1. The van der Waals surface area contributed by atoms with E-state index in [1.54, 1.807) is 13.2 Å².